The molecule has 1 aliphatic heterocycles. The van der Waals surface area contributed by atoms with Gasteiger partial charge in [0.05, 0.1) is 26.2 Å². The minimum Gasteiger partial charge on any atom is -0.543 e. The van der Waals surface area contributed by atoms with E-state index in [1.165, 1.54) is 12.7 Å². The zero-order valence-corrected chi connectivity index (χ0v) is 27.5. The van der Waals surface area contributed by atoms with Gasteiger partial charge in [-0.2, -0.15) is 0 Å². The van der Waals surface area contributed by atoms with Gasteiger partial charge in [-0.3, -0.25) is 4.79 Å². The van der Waals surface area contributed by atoms with Gasteiger partial charge in [0.25, 0.3) is 8.32 Å². The van der Waals surface area contributed by atoms with Crippen LogP contribution in [-0.2, 0) is 14.3 Å². The summed E-state index contributed by atoms with van der Waals surface area (Å²) < 4.78 is 24.3. The Balaban J connectivity index is 1.78. The number of ether oxygens (including phenoxy) is 3. The zero-order chi connectivity index (χ0) is 30.4. The first-order valence-corrected chi connectivity index (χ1v) is 17.4. The third-order valence-corrected chi connectivity index (χ3v) is 15.3. The van der Waals surface area contributed by atoms with Crippen LogP contribution >= 0.6 is 0 Å². The Kier molecular flexibility index (Phi) is 10.5. The van der Waals surface area contributed by atoms with Gasteiger partial charge >= 0.3 is 5.97 Å². The maximum absolute atomic E-state index is 13.7. The first-order valence-electron chi connectivity index (χ1n) is 15.3. The molecule has 1 saturated heterocycles. The molecule has 4 atom stereocenters. The molecule has 0 unspecified atom stereocenters. The van der Waals surface area contributed by atoms with Gasteiger partial charge in [0, 0.05) is 12.5 Å². The van der Waals surface area contributed by atoms with E-state index in [2.05, 4.69) is 77.9 Å². The molecular formula is C36H48O5Si. The van der Waals surface area contributed by atoms with E-state index in [4.69, 9.17) is 18.6 Å². The van der Waals surface area contributed by atoms with Crippen molar-refractivity contribution in [2.75, 3.05) is 20.8 Å². The topological polar surface area (TPSA) is 54.0 Å². The van der Waals surface area contributed by atoms with Crippen molar-refractivity contribution in [1.82, 2.24) is 0 Å². The summed E-state index contributed by atoms with van der Waals surface area (Å²) >= 11 is 0. The SMILES string of the molecule is COC(=O)[C@H](c1ccc(O[Si](C(C)C)(C(C)C)C(C)C)cc1)[C@@H]1[C@@H](c2ccc(OC)cc2)OCC[C@H]1c1ccccc1. The second-order valence-electron chi connectivity index (χ2n) is 12.4. The second kappa shape index (κ2) is 13.9. The van der Waals surface area contributed by atoms with Crippen molar-refractivity contribution < 1.29 is 23.4 Å². The quantitative estimate of drug-likeness (QED) is 0.165. The average molecular weight is 589 g/mol. The molecule has 0 spiro atoms. The van der Waals surface area contributed by atoms with E-state index in [0.717, 1.165) is 29.0 Å². The Bertz CT molecular complexity index is 1250. The summed E-state index contributed by atoms with van der Waals surface area (Å²) in [4.78, 5) is 13.7. The summed E-state index contributed by atoms with van der Waals surface area (Å²) in [6, 6.07) is 26.7. The van der Waals surface area contributed by atoms with Gasteiger partial charge in [-0.05, 0) is 69.9 Å². The minimum atomic E-state index is -2.11. The van der Waals surface area contributed by atoms with E-state index in [9.17, 15) is 4.79 Å². The van der Waals surface area contributed by atoms with Crippen molar-refractivity contribution >= 4 is 14.3 Å². The highest BCUT2D eigenvalue weighted by Crippen LogP contribution is 2.51. The van der Waals surface area contributed by atoms with Crippen LogP contribution in [0.1, 0.15) is 82.6 Å². The number of esters is 1. The van der Waals surface area contributed by atoms with Gasteiger partial charge in [-0.15, -0.1) is 0 Å². The smallest absolute Gasteiger partial charge is 0.313 e. The van der Waals surface area contributed by atoms with Gasteiger partial charge in [0.15, 0.2) is 0 Å². The van der Waals surface area contributed by atoms with Crippen molar-refractivity contribution in [1.29, 1.82) is 0 Å². The Morgan fingerprint density at radius 2 is 1.33 bits per heavy atom. The maximum Gasteiger partial charge on any atom is 0.313 e. The largest absolute Gasteiger partial charge is 0.543 e. The molecule has 1 aliphatic rings. The number of carbonyl (C=O) groups is 1. The summed E-state index contributed by atoms with van der Waals surface area (Å²) in [6.45, 7) is 14.4. The van der Waals surface area contributed by atoms with E-state index in [1.54, 1.807) is 7.11 Å². The molecule has 0 bridgehead atoms. The molecule has 0 N–H and O–H groups in total. The lowest BCUT2D eigenvalue weighted by molar-refractivity contribution is -0.148. The molecule has 6 heteroatoms. The molecule has 4 rings (SSSR count). The van der Waals surface area contributed by atoms with E-state index in [0.29, 0.717) is 23.2 Å². The highest BCUT2D eigenvalue weighted by molar-refractivity contribution is 6.78. The molecule has 226 valence electrons. The van der Waals surface area contributed by atoms with Gasteiger partial charge in [0.2, 0.25) is 0 Å². The fourth-order valence-corrected chi connectivity index (χ4v) is 12.6. The zero-order valence-electron chi connectivity index (χ0n) is 26.5. The lowest BCUT2D eigenvalue weighted by atomic mass is 9.68. The molecule has 1 fully saturated rings. The molecule has 0 radical (unpaired) electrons. The normalized spacial score (nSPS) is 20.0. The summed E-state index contributed by atoms with van der Waals surface area (Å²) in [5, 5.41) is 0. The molecule has 42 heavy (non-hydrogen) atoms. The Labute approximate surface area is 253 Å². The lowest BCUT2D eigenvalue weighted by Crippen LogP contribution is -2.50. The number of carbonyl (C=O) groups excluding carboxylic acids is 1. The predicted octanol–water partition coefficient (Wildman–Crippen LogP) is 9.07. The van der Waals surface area contributed by atoms with Gasteiger partial charge in [0.1, 0.15) is 11.5 Å². The van der Waals surface area contributed by atoms with Crippen LogP contribution in [0.5, 0.6) is 11.5 Å². The standard InChI is InChI=1S/C36H48O5Si/c1-24(2)42(25(3)4,26(5)6)41-31-20-14-28(15-21-31)33(36(37)39-8)34-32(27-12-10-9-11-13-27)22-23-40-35(34)29-16-18-30(38-7)19-17-29/h9-21,24-26,32-35H,22-23H2,1-8H3/t32-,33+,34+,35+/m0/s1. The first-order chi connectivity index (χ1) is 20.1. The molecule has 3 aromatic carbocycles. The molecule has 0 aromatic heterocycles. The number of rotatable bonds is 11. The molecule has 0 amide bonds. The number of benzene rings is 3. The number of hydrogen-bond acceptors (Lipinski definition) is 5. The average Bonchev–Trinajstić information content (AvgIpc) is 3.00. The summed E-state index contributed by atoms with van der Waals surface area (Å²) in [5.74, 6) is 0.808. The summed E-state index contributed by atoms with van der Waals surface area (Å²) in [7, 11) is 1.03. The van der Waals surface area contributed by atoms with Crippen molar-refractivity contribution in [3.8, 4) is 11.5 Å². The molecule has 5 nitrogen and oxygen atoms in total. The van der Waals surface area contributed by atoms with Gasteiger partial charge in [-0.25, -0.2) is 0 Å². The van der Waals surface area contributed by atoms with Crippen molar-refractivity contribution in [2.24, 2.45) is 5.92 Å². The number of hydrogen-bond donors (Lipinski definition) is 0. The van der Waals surface area contributed by atoms with Crippen LogP contribution in [0.4, 0.5) is 0 Å². The summed E-state index contributed by atoms with van der Waals surface area (Å²) in [5.41, 5.74) is 4.55. The Hall–Kier alpha value is -3.09. The molecule has 0 aliphatic carbocycles. The lowest BCUT2D eigenvalue weighted by Gasteiger charge is -2.43. The van der Waals surface area contributed by atoms with Gasteiger partial charge < -0.3 is 18.6 Å². The van der Waals surface area contributed by atoms with Gasteiger partial charge in [-0.1, -0.05) is 96.1 Å². The van der Waals surface area contributed by atoms with Crippen molar-refractivity contribution in [3.63, 3.8) is 0 Å². The third-order valence-electron chi connectivity index (χ3n) is 9.29. The van der Waals surface area contributed by atoms with Crippen LogP contribution < -0.4 is 9.16 Å². The van der Waals surface area contributed by atoms with E-state index in [1.807, 2.05) is 42.5 Å². The fourth-order valence-electron chi connectivity index (χ4n) is 7.39. The second-order valence-corrected chi connectivity index (χ2v) is 17.8. The molecule has 3 aromatic rings. The molecule has 0 saturated carbocycles. The number of methoxy groups -OCH3 is 2. The first kappa shape index (κ1) is 31.8. The van der Waals surface area contributed by atoms with Crippen molar-refractivity contribution in [3.05, 3.63) is 95.6 Å². The van der Waals surface area contributed by atoms with Crippen LogP contribution in [0.15, 0.2) is 78.9 Å². The Morgan fingerprint density at radius 1 is 0.762 bits per heavy atom. The van der Waals surface area contributed by atoms with Crippen molar-refractivity contribution in [2.45, 2.75) is 82.5 Å². The van der Waals surface area contributed by atoms with E-state index >= 15 is 0 Å². The molecular weight excluding hydrogens is 540 g/mol. The van der Waals surface area contributed by atoms with Crippen LogP contribution in [0.25, 0.3) is 0 Å². The van der Waals surface area contributed by atoms with E-state index in [-0.39, 0.29) is 23.9 Å². The Morgan fingerprint density at radius 3 is 1.86 bits per heavy atom. The summed E-state index contributed by atoms with van der Waals surface area (Å²) in [6.07, 6.45) is 0.527. The van der Waals surface area contributed by atoms with Crippen LogP contribution in [0.2, 0.25) is 16.6 Å². The highest BCUT2D eigenvalue weighted by Gasteiger charge is 2.48. The van der Waals surface area contributed by atoms with E-state index < -0.39 is 14.2 Å². The highest BCUT2D eigenvalue weighted by atomic mass is 28.4. The fraction of sp³-hybridized carbons (Fsp3) is 0.472. The third kappa shape index (κ3) is 6.45. The monoisotopic (exact) mass is 588 g/mol. The van der Waals surface area contributed by atoms with Crippen LogP contribution in [0, 0.1) is 5.92 Å². The minimum absolute atomic E-state index is 0.106. The maximum atomic E-state index is 13.7. The molecule has 1 heterocycles. The van der Waals surface area contributed by atoms with Crippen LogP contribution in [-0.4, -0.2) is 35.1 Å². The predicted molar refractivity (Wildman–Crippen MR) is 172 cm³/mol. The van der Waals surface area contributed by atoms with Crippen LogP contribution in [0.3, 0.4) is 0 Å².